The first-order chi connectivity index (χ1) is 10.2. The van der Waals surface area contributed by atoms with Crippen molar-refractivity contribution < 1.29 is 18.0 Å². The highest BCUT2D eigenvalue weighted by molar-refractivity contribution is 5.92. The maximum atomic E-state index is 12.5. The van der Waals surface area contributed by atoms with Crippen molar-refractivity contribution in [1.29, 1.82) is 0 Å². The van der Waals surface area contributed by atoms with E-state index in [1.807, 2.05) is 6.92 Å². The molecular weight excluding hydrogens is 299 g/mol. The summed E-state index contributed by atoms with van der Waals surface area (Å²) in [5.74, 6) is 0.0338. The monoisotopic (exact) mass is 315 g/mol. The summed E-state index contributed by atoms with van der Waals surface area (Å²) in [5.41, 5.74) is -0.287. The number of hydrogen-bond acceptors (Lipinski definition) is 3. The molecule has 0 saturated heterocycles. The van der Waals surface area contributed by atoms with E-state index >= 15 is 0 Å². The predicted octanol–water partition coefficient (Wildman–Crippen LogP) is 2.63. The first-order valence-corrected chi connectivity index (χ1v) is 6.70. The molecule has 1 N–H and O–H groups in total. The zero-order valence-corrected chi connectivity index (χ0v) is 12.3. The number of aryl methyl sites for hydroxylation is 2. The van der Waals surface area contributed by atoms with Crippen LogP contribution in [0.1, 0.15) is 31.3 Å². The number of nitrogens with zero attached hydrogens (tertiary/aromatic N) is 4. The first-order valence-electron chi connectivity index (χ1n) is 6.70. The SMILES string of the molecule is CCn1nc(C)cc1NC(=O)[C@H](C)n1ccc(C(F)(F)F)n1. The van der Waals surface area contributed by atoms with Gasteiger partial charge in [0, 0.05) is 18.8 Å². The van der Waals surface area contributed by atoms with Gasteiger partial charge in [-0.25, -0.2) is 4.68 Å². The molecule has 1 amide bonds. The van der Waals surface area contributed by atoms with Gasteiger partial charge in [-0.05, 0) is 26.8 Å². The Balaban J connectivity index is 2.13. The molecule has 0 fully saturated rings. The van der Waals surface area contributed by atoms with Gasteiger partial charge in [0.1, 0.15) is 11.9 Å². The number of halogens is 3. The van der Waals surface area contributed by atoms with Crippen LogP contribution in [0.4, 0.5) is 19.0 Å². The summed E-state index contributed by atoms with van der Waals surface area (Å²) < 4.78 is 40.2. The lowest BCUT2D eigenvalue weighted by molar-refractivity contribution is -0.141. The molecule has 22 heavy (non-hydrogen) atoms. The number of alkyl halides is 3. The average molecular weight is 315 g/mol. The van der Waals surface area contributed by atoms with E-state index in [9.17, 15) is 18.0 Å². The molecule has 2 heterocycles. The molecule has 0 aliphatic carbocycles. The van der Waals surface area contributed by atoms with E-state index < -0.39 is 23.8 Å². The van der Waals surface area contributed by atoms with Crippen LogP contribution in [0.15, 0.2) is 18.3 Å². The van der Waals surface area contributed by atoms with Gasteiger partial charge in [0.2, 0.25) is 5.91 Å². The van der Waals surface area contributed by atoms with Crippen molar-refractivity contribution >= 4 is 11.7 Å². The molecule has 0 aromatic carbocycles. The van der Waals surface area contributed by atoms with Crippen LogP contribution in [-0.4, -0.2) is 25.5 Å². The fraction of sp³-hybridized carbons (Fsp3) is 0.462. The number of rotatable bonds is 4. The van der Waals surface area contributed by atoms with Crippen LogP contribution in [0.2, 0.25) is 0 Å². The maximum absolute atomic E-state index is 12.5. The third kappa shape index (κ3) is 3.29. The van der Waals surface area contributed by atoms with Crippen LogP contribution in [0, 0.1) is 6.92 Å². The molecule has 0 radical (unpaired) electrons. The van der Waals surface area contributed by atoms with E-state index in [0.29, 0.717) is 12.4 Å². The third-order valence-corrected chi connectivity index (χ3v) is 3.13. The van der Waals surface area contributed by atoms with Gasteiger partial charge in [0.25, 0.3) is 0 Å². The van der Waals surface area contributed by atoms with Crippen LogP contribution in [0.3, 0.4) is 0 Å². The quantitative estimate of drug-likeness (QED) is 0.943. The zero-order chi connectivity index (χ0) is 16.5. The van der Waals surface area contributed by atoms with E-state index in [4.69, 9.17) is 0 Å². The lowest BCUT2D eigenvalue weighted by Crippen LogP contribution is -2.25. The first kappa shape index (κ1) is 16.1. The molecule has 0 saturated carbocycles. The number of nitrogens with one attached hydrogen (secondary N) is 1. The molecule has 0 aliphatic heterocycles. The van der Waals surface area contributed by atoms with Gasteiger partial charge in [-0.1, -0.05) is 0 Å². The van der Waals surface area contributed by atoms with Crippen molar-refractivity contribution in [3.8, 4) is 0 Å². The standard InChI is InChI=1S/C13H16F3N5O/c1-4-20-11(7-8(2)18-20)17-12(22)9(3)21-6-5-10(19-21)13(14,15)16/h5-7,9H,4H2,1-3H3,(H,17,22)/t9-/m0/s1. The fourth-order valence-corrected chi connectivity index (χ4v) is 1.94. The number of aromatic nitrogens is 4. The van der Waals surface area contributed by atoms with Crippen LogP contribution in [0.5, 0.6) is 0 Å². The predicted molar refractivity (Wildman–Crippen MR) is 73.2 cm³/mol. The Hall–Kier alpha value is -2.32. The number of amides is 1. The Labute approximate surface area is 124 Å². The molecule has 1 atom stereocenters. The molecule has 0 spiro atoms. The van der Waals surface area contributed by atoms with Gasteiger partial charge in [0.15, 0.2) is 5.69 Å². The van der Waals surface area contributed by atoms with E-state index in [1.54, 1.807) is 17.7 Å². The number of hydrogen-bond donors (Lipinski definition) is 1. The second-order valence-electron chi connectivity index (χ2n) is 4.83. The van der Waals surface area contributed by atoms with Crippen LogP contribution in [-0.2, 0) is 17.5 Å². The lowest BCUT2D eigenvalue weighted by atomic mass is 10.3. The minimum Gasteiger partial charge on any atom is -0.309 e. The van der Waals surface area contributed by atoms with Crippen molar-refractivity contribution in [2.75, 3.05) is 5.32 Å². The van der Waals surface area contributed by atoms with E-state index in [1.165, 1.54) is 6.92 Å². The topological polar surface area (TPSA) is 64.7 Å². The summed E-state index contributed by atoms with van der Waals surface area (Å²) in [5, 5.41) is 10.2. The molecular formula is C13H16F3N5O. The van der Waals surface area contributed by atoms with Crippen molar-refractivity contribution in [3.63, 3.8) is 0 Å². The van der Waals surface area contributed by atoms with E-state index in [-0.39, 0.29) is 0 Å². The van der Waals surface area contributed by atoms with Gasteiger partial charge in [-0.3, -0.25) is 9.48 Å². The second-order valence-corrected chi connectivity index (χ2v) is 4.83. The highest BCUT2D eigenvalue weighted by Gasteiger charge is 2.34. The van der Waals surface area contributed by atoms with Gasteiger partial charge < -0.3 is 5.32 Å². The molecule has 2 aromatic heterocycles. The summed E-state index contributed by atoms with van der Waals surface area (Å²) in [6.45, 7) is 5.70. The van der Waals surface area contributed by atoms with Crippen molar-refractivity contribution in [1.82, 2.24) is 19.6 Å². The Morgan fingerprint density at radius 2 is 2.09 bits per heavy atom. The minimum atomic E-state index is -4.53. The second kappa shape index (κ2) is 5.82. The van der Waals surface area contributed by atoms with E-state index in [0.717, 1.165) is 22.6 Å². The summed E-state index contributed by atoms with van der Waals surface area (Å²) in [4.78, 5) is 12.2. The average Bonchev–Trinajstić information content (AvgIpc) is 3.04. The Bertz CT molecular complexity index is 674. The maximum Gasteiger partial charge on any atom is 0.435 e. The molecule has 0 unspecified atom stereocenters. The van der Waals surface area contributed by atoms with Gasteiger partial charge in [-0.15, -0.1) is 0 Å². The Kier molecular flexibility index (Phi) is 4.25. The normalized spacial score (nSPS) is 13.2. The number of carbonyl (C=O) groups is 1. The van der Waals surface area contributed by atoms with Gasteiger partial charge in [-0.2, -0.15) is 23.4 Å². The Morgan fingerprint density at radius 3 is 2.64 bits per heavy atom. The largest absolute Gasteiger partial charge is 0.435 e. The summed E-state index contributed by atoms with van der Waals surface area (Å²) in [7, 11) is 0. The van der Waals surface area contributed by atoms with Crippen molar-refractivity contribution in [2.24, 2.45) is 0 Å². The van der Waals surface area contributed by atoms with Crippen molar-refractivity contribution in [2.45, 2.75) is 39.5 Å². The molecule has 9 heteroatoms. The van der Waals surface area contributed by atoms with Gasteiger partial charge >= 0.3 is 6.18 Å². The highest BCUT2D eigenvalue weighted by Crippen LogP contribution is 2.28. The Morgan fingerprint density at radius 1 is 1.41 bits per heavy atom. The summed E-state index contributed by atoms with van der Waals surface area (Å²) >= 11 is 0. The fourth-order valence-electron chi connectivity index (χ4n) is 1.94. The molecule has 0 aliphatic rings. The minimum absolute atomic E-state index is 0.466. The molecule has 2 aromatic rings. The van der Waals surface area contributed by atoms with Crippen molar-refractivity contribution in [3.05, 3.63) is 29.7 Å². The van der Waals surface area contributed by atoms with Crippen LogP contribution < -0.4 is 5.32 Å². The van der Waals surface area contributed by atoms with Crippen LogP contribution >= 0.6 is 0 Å². The molecule has 2 rings (SSSR count). The summed E-state index contributed by atoms with van der Waals surface area (Å²) in [6, 6.07) is 1.65. The van der Waals surface area contributed by atoms with Gasteiger partial charge in [0.05, 0.1) is 5.69 Å². The molecule has 6 nitrogen and oxygen atoms in total. The van der Waals surface area contributed by atoms with Crippen LogP contribution in [0.25, 0.3) is 0 Å². The summed E-state index contributed by atoms with van der Waals surface area (Å²) in [6.07, 6.45) is -3.39. The smallest absolute Gasteiger partial charge is 0.309 e. The zero-order valence-electron chi connectivity index (χ0n) is 12.3. The number of carbonyl (C=O) groups excluding carboxylic acids is 1. The molecule has 120 valence electrons. The number of anilines is 1. The van der Waals surface area contributed by atoms with E-state index in [2.05, 4.69) is 15.5 Å². The lowest BCUT2D eigenvalue weighted by Gasteiger charge is -2.13. The third-order valence-electron chi connectivity index (χ3n) is 3.13. The molecule has 0 bridgehead atoms. The highest BCUT2D eigenvalue weighted by atomic mass is 19.4.